The van der Waals surface area contributed by atoms with Gasteiger partial charge < -0.3 is 19.4 Å². The van der Waals surface area contributed by atoms with Gasteiger partial charge >= 0.3 is 0 Å². The van der Waals surface area contributed by atoms with Crippen molar-refractivity contribution in [3.63, 3.8) is 0 Å². The number of hydrogen-bond acceptors (Lipinski definition) is 4. The number of likely N-dealkylation sites (tertiary alicyclic amines) is 1. The summed E-state index contributed by atoms with van der Waals surface area (Å²) in [5.41, 5.74) is 0.492. The van der Waals surface area contributed by atoms with Crippen LogP contribution >= 0.6 is 11.6 Å². The maximum atomic E-state index is 13.0. The van der Waals surface area contributed by atoms with E-state index in [1.54, 1.807) is 35.2 Å². The first-order valence-corrected chi connectivity index (χ1v) is 10.1. The summed E-state index contributed by atoms with van der Waals surface area (Å²) >= 11 is 6.14. The highest BCUT2D eigenvalue weighted by atomic mass is 35.5. The maximum absolute atomic E-state index is 13.0. The summed E-state index contributed by atoms with van der Waals surface area (Å²) in [7, 11) is 0. The van der Waals surface area contributed by atoms with E-state index in [-0.39, 0.29) is 23.5 Å². The van der Waals surface area contributed by atoms with Crippen molar-refractivity contribution in [2.24, 2.45) is 5.92 Å². The van der Waals surface area contributed by atoms with Crippen LogP contribution in [0.25, 0.3) is 0 Å². The van der Waals surface area contributed by atoms with Crippen molar-refractivity contribution in [3.8, 4) is 11.5 Å². The Hall–Kier alpha value is -3.25. The van der Waals surface area contributed by atoms with E-state index >= 15 is 0 Å². The van der Waals surface area contributed by atoms with Crippen molar-refractivity contribution in [2.75, 3.05) is 18.4 Å². The van der Waals surface area contributed by atoms with Crippen LogP contribution in [0, 0.1) is 5.92 Å². The monoisotopic (exact) mass is 424 g/mol. The second-order valence-electron chi connectivity index (χ2n) is 7.11. The Bertz CT molecular complexity index is 1020. The van der Waals surface area contributed by atoms with E-state index in [0.717, 1.165) is 6.42 Å². The molecule has 0 unspecified atom stereocenters. The number of rotatable bonds is 5. The molecule has 2 aromatic carbocycles. The number of para-hydroxylation sites is 1. The van der Waals surface area contributed by atoms with Gasteiger partial charge in [-0.15, -0.1) is 0 Å². The zero-order valence-electron chi connectivity index (χ0n) is 16.2. The third kappa shape index (κ3) is 4.66. The average Bonchev–Trinajstić information content (AvgIpc) is 3.31. The lowest BCUT2D eigenvalue weighted by Crippen LogP contribution is -2.43. The van der Waals surface area contributed by atoms with Gasteiger partial charge in [-0.05, 0) is 55.3 Å². The fraction of sp³-hybridized carbons (Fsp3) is 0.217. The number of amides is 2. The van der Waals surface area contributed by atoms with Gasteiger partial charge in [0.05, 0.1) is 17.9 Å². The van der Waals surface area contributed by atoms with Gasteiger partial charge in [0.2, 0.25) is 5.91 Å². The van der Waals surface area contributed by atoms with Crippen LogP contribution in [0.5, 0.6) is 11.5 Å². The fourth-order valence-corrected chi connectivity index (χ4v) is 3.64. The van der Waals surface area contributed by atoms with Crippen molar-refractivity contribution in [1.82, 2.24) is 4.90 Å². The molecule has 2 amide bonds. The third-order valence-electron chi connectivity index (χ3n) is 4.98. The van der Waals surface area contributed by atoms with Crippen LogP contribution in [-0.4, -0.2) is 29.8 Å². The molecule has 7 heteroatoms. The Balaban J connectivity index is 1.46. The van der Waals surface area contributed by atoms with Crippen LogP contribution in [0.1, 0.15) is 23.4 Å². The molecule has 0 aliphatic carbocycles. The van der Waals surface area contributed by atoms with Gasteiger partial charge in [0.25, 0.3) is 5.91 Å². The molecule has 1 aliphatic heterocycles. The molecular formula is C23H21ClN2O4. The topological polar surface area (TPSA) is 71.8 Å². The molecule has 4 rings (SSSR count). The van der Waals surface area contributed by atoms with Crippen molar-refractivity contribution >= 4 is 29.1 Å². The van der Waals surface area contributed by atoms with Crippen molar-refractivity contribution < 1.29 is 18.7 Å². The number of nitrogens with one attached hydrogen (secondary N) is 1. The Morgan fingerprint density at radius 1 is 1.10 bits per heavy atom. The lowest BCUT2D eigenvalue weighted by Gasteiger charge is -2.31. The normalized spacial score (nSPS) is 16.2. The molecule has 1 fully saturated rings. The van der Waals surface area contributed by atoms with E-state index in [9.17, 15) is 9.59 Å². The lowest BCUT2D eigenvalue weighted by molar-refractivity contribution is -0.121. The largest absolute Gasteiger partial charge is 0.459 e. The van der Waals surface area contributed by atoms with Gasteiger partial charge in [-0.25, -0.2) is 0 Å². The molecular weight excluding hydrogens is 404 g/mol. The summed E-state index contributed by atoms with van der Waals surface area (Å²) in [5, 5.41) is 3.42. The van der Waals surface area contributed by atoms with E-state index in [0.29, 0.717) is 41.7 Å². The average molecular weight is 425 g/mol. The van der Waals surface area contributed by atoms with Gasteiger partial charge in [-0.3, -0.25) is 9.59 Å². The van der Waals surface area contributed by atoms with Crippen molar-refractivity contribution in [2.45, 2.75) is 12.8 Å². The third-order valence-corrected chi connectivity index (χ3v) is 5.22. The van der Waals surface area contributed by atoms with Crippen LogP contribution in [-0.2, 0) is 4.79 Å². The standard InChI is InChI=1S/C23H21ClN2O4/c24-17-10-11-20(30-18-7-2-1-3-8-18)19(14-17)25-22(27)16-6-4-12-26(15-16)23(28)21-9-5-13-29-21/h1-3,5,7-11,13-14,16H,4,6,12,15H2,(H,25,27)/t16-/m0/s1. The Morgan fingerprint density at radius 3 is 2.70 bits per heavy atom. The molecule has 1 atom stereocenters. The maximum Gasteiger partial charge on any atom is 0.289 e. The van der Waals surface area contributed by atoms with Crippen molar-refractivity contribution in [3.05, 3.63) is 77.7 Å². The molecule has 3 aromatic rings. The summed E-state index contributed by atoms with van der Waals surface area (Å²) < 4.78 is 11.1. The van der Waals surface area contributed by atoms with Gasteiger partial charge in [0.15, 0.2) is 11.5 Å². The van der Waals surface area contributed by atoms with Gasteiger partial charge in [-0.2, -0.15) is 0 Å². The fourth-order valence-electron chi connectivity index (χ4n) is 3.47. The van der Waals surface area contributed by atoms with Crippen LogP contribution in [0.15, 0.2) is 71.3 Å². The summed E-state index contributed by atoms with van der Waals surface area (Å²) in [4.78, 5) is 27.2. The van der Waals surface area contributed by atoms with E-state index in [2.05, 4.69) is 5.32 Å². The molecule has 154 valence electrons. The lowest BCUT2D eigenvalue weighted by atomic mass is 9.96. The number of ether oxygens (including phenoxy) is 1. The van der Waals surface area contributed by atoms with Gasteiger partial charge in [-0.1, -0.05) is 29.8 Å². The second-order valence-corrected chi connectivity index (χ2v) is 7.55. The first kappa shape index (κ1) is 20.0. The number of anilines is 1. The highest BCUT2D eigenvalue weighted by molar-refractivity contribution is 6.31. The summed E-state index contributed by atoms with van der Waals surface area (Å²) in [6.07, 6.45) is 2.91. The molecule has 1 aromatic heterocycles. The SMILES string of the molecule is O=C(Nc1cc(Cl)ccc1Oc1ccccc1)[C@H]1CCCN(C(=O)c2ccco2)C1. The Kier molecular flexibility index (Phi) is 6.05. The summed E-state index contributed by atoms with van der Waals surface area (Å²) in [6, 6.07) is 17.7. The smallest absolute Gasteiger partial charge is 0.289 e. The van der Waals surface area contributed by atoms with E-state index in [1.807, 2.05) is 30.3 Å². The minimum absolute atomic E-state index is 0.174. The number of benzene rings is 2. The molecule has 1 aliphatic rings. The number of carbonyl (C=O) groups excluding carboxylic acids is 2. The number of piperidine rings is 1. The predicted octanol–water partition coefficient (Wildman–Crippen LogP) is 5.22. The van der Waals surface area contributed by atoms with Crippen LogP contribution < -0.4 is 10.1 Å². The summed E-state index contributed by atoms with van der Waals surface area (Å²) in [6.45, 7) is 0.934. The van der Waals surface area contributed by atoms with Gasteiger partial charge in [0, 0.05) is 18.1 Å². The zero-order valence-corrected chi connectivity index (χ0v) is 17.0. The Morgan fingerprint density at radius 2 is 1.93 bits per heavy atom. The number of furan rings is 1. The number of hydrogen-bond donors (Lipinski definition) is 1. The van der Waals surface area contributed by atoms with Gasteiger partial charge in [0.1, 0.15) is 5.75 Å². The van der Waals surface area contributed by atoms with Crippen LogP contribution in [0.3, 0.4) is 0 Å². The highest BCUT2D eigenvalue weighted by Gasteiger charge is 2.30. The van der Waals surface area contributed by atoms with E-state index in [4.69, 9.17) is 20.8 Å². The molecule has 0 spiro atoms. The van der Waals surface area contributed by atoms with E-state index < -0.39 is 0 Å². The first-order chi connectivity index (χ1) is 14.6. The number of nitrogens with zero attached hydrogens (tertiary/aromatic N) is 1. The Labute approximate surface area is 179 Å². The molecule has 0 radical (unpaired) electrons. The molecule has 0 saturated carbocycles. The number of carbonyl (C=O) groups is 2. The predicted molar refractivity (Wildman–Crippen MR) is 114 cm³/mol. The second kappa shape index (κ2) is 9.05. The van der Waals surface area contributed by atoms with E-state index in [1.165, 1.54) is 6.26 Å². The molecule has 2 heterocycles. The van der Waals surface area contributed by atoms with Crippen LogP contribution in [0.2, 0.25) is 5.02 Å². The van der Waals surface area contributed by atoms with Crippen molar-refractivity contribution in [1.29, 1.82) is 0 Å². The molecule has 6 nitrogen and oxygen atoms in total. The zero-order chi connectivity index (χ0) is 20.9. The number of halogens is 1. The first-order valence-electron chi connectivity index (χ1n) is 9.76. The summed E-state index contributed by atoms with van der Waals surface area (Å²) in [5.74, 6) is 0.729. The highest BCUT2D eigenvalue weighted by Crippen LogP contribution is 2.33. The quantitative estimate of drug-likeness (QED) is 0.609. The molecule has 1 saturated heterocycles. The van der Waals surface area contributed by atoms with Crippen LogP contribution in [0.4, 0.5) is 5.69 Å². The molecule has 30 heavy (non-hydrogen) atoms. The minimum Gasteiger partial charge on any atom is -0.459 e. The molecule has 0 bridgehead atoms. The minimum atomic E-state index is -0.332. The molecule has 1 N–H and O–H groups in total.